The van der Waals surface area contributed by atoms with Crippen LogP contribution < -0.4 is 5.32 Å². The highest BCUT2D eigenvalue weighted by molar-refractivity contribution is 5.95. The Morgan fingerprint density at radius 2 is 1.84 bits per heavy atom. The van der Waals surface area contributed by atoms with E-state index in [4.69, 9.17) is 0 Å². The van der Waals surface area contributed by atoms with E-state index in [1.807, 2.05) is 0 Å². The van der Waals surface area contributed by atoms with Gasteiger partial charge in [-0.3, -0.25) is 4.79 Å². The molecule has 0 radical (unpaired) electrons. The van der Waals surface area contributed by atoms with Crippen molar-refractivity contribution in [2.75, 3.05) is 5.32 Å². The molecule has 6 nitrogen and oxygen atoms in total. The molecule has 9 heteroatoms. The number of anilines is 1. The van der Waals surface area contributed by atoms with Gasteiger partial charge in [0.25, 0.3) is 5.91 Å². The monoisotopic (exact) mass is 347 g/mol. The molecule has 0 saturated carbocycles. The first-order valence-electron chi connectivity index (χ1n) is 7.21. The van der Waals surface area contributed by atoms with Gasteiger partial charge in [-0.05, 0) is 34.2 Å². The van der Waals surface area contributed by atoms with E-state index >= 15 is 0 Å². The number of aromatic nitrogens is 4. The molecule has 0 fully saturated rings. The SMILES string of the molecule is O=C(Nc1cccc(C(F)(F)F)c1)C(c1ccccc1)n1cnnn1. The smallest absolute Gasteiger partial charge is 0.324 e. The summed E-state index contributed by atoms with van der Waals surface area (Å²) in [6, 6.07) is 12.2. The van der Waals surface area contributed by atoms with E-state index < -0.39 is 23.7 Å². The Morgan fingerprint density at radius 3 is 2.48 bits per heavy atom. The zero-order chi connectivity index (χ0) is 17.9. The Balaban J connectivity index is 1.90. The lowest BCUT2D eigenvalue weighted by Crippen LogP contribution is -2.27. The van der Waals surface area contributed by atoms with Crippen LogP contribution in [0.2, 0.25) is 0 Å². The highest BCUT2D eigenvalue weighted by atomic mass is 19.4. The number of hydrogen-bond donors (Lipinski definition) is 1. The molecule has 128 valence electrons. The lowest BCUT2D eigenvalue weighted by molar-refractivity contribution is -0.137. The molecule has 3 rings (SSSR count). The van der Waals surface area contributed by atoms with Crippen LogP contribution in [0, 0.1) is 0 Å². The second kappa shape index (κ2) is 6.71. The maximum Gasteiger partial charge on any atom is 0.416 e. The van der Waals surface area contributed by atoms with E-state index in [2.05, 4.69) is 20.8 Å². The van der Waals surface area contributed by atoms with Crippen molar-refractivity contribution >= 4 is 11.6 Å². The Hall–Kier alpha value is -3.23. The highest BCUT2D eigenvalue weighted by Crippen LogP contribution is 2.31. The fraction of sp³-hybridized carbons (Fsp3) is 0.125. The zero-order valence-electron chi connectivity index (χ0n) is 12.7. The summed E-state index contributed by atoms with van der Waals surface area (Å²) in [5, 5.41) is 13.2. The summed E-state index contributed by atoms with van der Waals surface area (Å²) in [6.45, 7) is 0. The van der Waals surface area contributed by atoms with Crippen molar-refractivity contribution in [1.82, 2.24) is 20.2 Å². The molecule has 1 aromatic heterocycles. The number of nitrogens with zero attached hydrogens (tertiary/aromatic N) is 4. The number of carbonyl (C=O) groups excluding carboxylic acids is 1. The number of hydrogen-bond acceptors (Lipinski definition) is 4. The van der Waals surface area contributed by atoms with Crippen LogP contribution in [0.5, 0.6) is 0 Å². The fourth-order valence-corrected chi connectivity index (χ4v) is 2.33. The molecule has 2 aromatic carbocycles. The molecule has 1 amide bonds. The first-order chi connectivity index (χ1) is 11.9. The van der Waals surface area contributed by atoms with E-state index in [0.29, 0.717) is 5.56 Å². The maximum atomic E-state index is 12.8. The first-order valence-corrected chi connectivity index (χ1v) is 7.21. The molecular formula is C16H12F3N5O. The van der Waals surface area contributed by atoms with Crippen LogP contribution in [0.25, 0.3) is 0 Å². The van der Waals surface area contributed by atoms with Gasteiger partial charge in [0.15, 0.2) is 6.04 Å². The summed E-state index contributed by atoms with van der Waals surface area (Å²) in [7, 11) is 0. The molecule has 0 bridgehead atoms. The average Bonchev–Trinajstić information content (AvgIpc) is 3.09. The molecule has 0 aliphatic carbocycles. The van der Waals surface area contributed by atoms with Crippen LogP contribution in [-0.2, 0) is 11.0 Å². The van der Waals surface area contributed by atoms with Crippen molar-refractivity contribution in [3.05, 3.63) is 72.1 Å². The average molecular weight is 347 g/mol. The predicted molar refractivity (Wildman–Crippen MR) is 82.5 cm³/mol. The quantitative estimate of drug-likeness (QED) is 0.788. The van der Waals surface area contributed by atoms with Gasteiger partial charge >= 0.3 is 6.18 Å². The van der Waals surface area contributed by atoms with Crippen LogP contribution in [0.4, 0.5) is 18.9 Å². The topological polar surface area (TPSA) is 72.7 Å². The van der Waals surface area contributed by atoms with E-state index in [9.17, 15) is 18.0 Å². The number of halogens is 3. The van der Waals surface area contributed by atoms with Crippen LogP contribution in [0.15, 0.2) is 60.9 Å². The number of rotatable bonds is 4. The summed E-state index contributed by atoms with van der Waals surface area (Å²) in [6.07, 6.45) is -3.22. The van der Waals surface area contributed by atoms with Gasteiger partial charge in [-0.15, -0.1) is 5.10 Å². The molecule has 1 atom stereocenters. The van der Waals surface area contributed by atoms with E-state index in [1.54, 1.807) is 30.3 Å². The van der Waals surface area contributed by atoms with Gasteiger partial charge in [-0.2, -0.15) is 13.2 Å². The maximum absolute atomic E-state index is 12.8. The summed E-state index contributed by atoms with van der Waals surface area (Å²) in [5.74, 6) is -0.558. The summed E-state index contributed by atoms with van der Waals surface area (Å²) in [5.41, 5.74) is -0.211. The number of tetrazole rings is 1. The third-order valence-corrected chi connectivity index (χ3v) is 3.45. The minimum Gasteiger partial charge on any atom is -0.324 e. The Labute approximate surface area is 140 Å². The van der Waals surface area contributed by atoms with E-state index in [0.717, 1.165) is 12.1 Å². The molecule has 0 spiro atoms. The molecule has 3 aromatic rings. The van der Waals surface area contributed by atoms with Crippen molar-refractivity contribution in [2.24, 2.45) is 0 Å². The van der Waals surface area contributed by atoms with Crippen LogP contribution >= 0.6 is 0 Å². The van der Waals surface area contributed by atoms with Gasteiger partial charge in [-0.1, -0.05) is 36.4 Å². The van der Waals surface area contributed by atoms with Gasteiger partial charge in [0, 0.05) is 5.69 Å². The van der Waals surface area contributed by atoms with Crippen molar-refractivity contribution in [3.8, 4) is 0 Å². The normalized spacial score (nSPS) is 12.6. The lowest BCUT2D eigenvalue weighted by atomic mass is 10.1. The third-order valence-electron chi connectivity index (χ3n) is 3.45. The highest BCUT2D eigenvalue weighted by Gasteiger charge is 2.31. The summed E-state index contributed by atoms with van der Waals surface area (Å²) >= 11 is 0. The standard InChI is InChI=1S/C16H12F3N5O/c17-16(18,19)12-7-4-8-13(9-12)21-15(25)14(24-10-20-22-23-24)11-5-2-1-3-6-11/h1-10,14H,(H,21,25). The zero-order valence-corrected chi connectivity index (χ0v) is 12.7. The molecule has 0 aliphatic heterocycles. The van der Waals surface area contributed by atoms with Crippen LogP contribution in [-0.4, -0.2) is 26.1 Å². The minimum atomic E-state index is -4.49. The van der Waals surface area contributed by atoms with Gasteiger partial charge < -0.3 is 5.32 Å². The number of benzene rings is 2. The van der Waals surface area contributed by atoms with Gasteiger partial charge in [-0.25, -0.2) is 4.68 Å². The van der Waals surface area contributed by atoms with E-state index in [-0.39, 0.29) is 5.69 Å². The molecule has 0 saturated heterocycles. The number of alkyl halides is 3. The second-order valence-electron chi connectivity index (χ2n) is 5.17. The van der Waals surface area contributed by atoms with Crippen molar-refractivity contribution in [2.45, 2.75) is 12.2 Å². The molecular weight excluding hydrogens is 335 g/mol. The molecule has 1 unspecified atom stereocenters. The molecule has 1 heterocycles. The summed E-state index contributed by atoms with van der Waals surface area (Å²) < 4.78 is 39.7. The van der Waals surface area contributed by atoms with Crippen LogP contribution in [0.1, 0.15) is 17.2 Å². The van der Waals surface area contributed by atoms with Crippen molar-refractivity contribution in [3.63, 3.8) is 0 Å². The van der Waals surface area contributed by atoms with Gasteiger partial charge in [0.2, 0.25) is 0 Å². The first kappa shape index (κ1) is 16.6. The Kier molecular flexibility index (Phi) is 4.46. The van der Waals surface area contributed by atoms with E-state index in [1.165, 1.54) is 23.1 Å². The lowest BCUT2D eigenvalue weighted by Gasteiger charge is -2.17. The summed E-state index contributed by atoms with van der Waals surface area (Å²) in [4.78, 5) is 12.7. The van der Waals surface area contributed by atoms with Crippen molar-refractivity contribution in [1.29, 1.82) is 0 Å². The Morgan fingerprint density at radius 1 is 1.08 bits per heavy atom. The Bertz CT molecular complexity index is 850. The number of nitrogens with one attached hydrogen (secondary N) is 1. The number of carbonyl (C=O) groups is 1. The second-order valence-corrected chi connectivity index (χ2v) is 5.17. The number of amides is 1. The van der Waals surface area contributed by atoms with Crippen molar-refractivity contribution < 1.29 is 18.0 Å². The van der Waals surface area contributed by atoms with Crippen LogP contribution in [0.3, 0.4) is 0 Å². The minimum absolute atomic E-state index is 0.0360. The fourth-order valence-electron chi connectivity index (χ4n) is 2.33. The molecule has 0 aliphatic rings. The largest absolute Gasteiger partial charge is 0.416 e. The van der Waals surface area contributed by atoms with Gasteiger partial charge in [0.1, 0.15) is 6.33 Å². The molecule has 25 heavy (non-hydrogen) atoms. The van der Waals surface area contributed by atoms with Gasteiger partial charge in [0.05, 0.1) is 5.56 Å². The third kappa shape index (κ3) is 3.82. The predicted octanol–water partition coefficient (Wildman–Crippen LogP) is 2.92. The molecule has 1 N–H and O–H groups in total.